The highest BCUT2D eigenvalue weighted by Gasteiger charge is 2.24. The van der Waals surface area contributed by atoms with Crippen molar-refractivity contribution >= 4 is 11.7 Å². The Morgan fingerprint density at radius 1 is 1.37 bits per heavy atom. The predicted octanol–water partition coefficient (Wildman–Crippen LogP) is 1.79. The van der Waals surface area contributed by atoms with Crippen LogP contribution < -0.4 is 9.64 Å². The minimum absolute atomic E-state index is 0.195. The van der Waals surface area contributed by atoms with Gasteiger partial charge in [0, 0.05) is 58.1 Å². The van der Waals surface area contributed by atoms with Gasteiger partial charge in [0.15, 0.2) is 0 Å². The molecule has 0 atom stereocenters. The fourth-order valence-electron chi connectivity index (χ4n) is 3.52. The van der Waals surface area contributed by atoms with Crippen LogP contribution in [-0.2, 0) is 18.4 Å². The summed E-state index contributed by atoms with van der Waals surface area (Å²) in [5.41, 5.74) is 2.08. The number of nitrogens with zero attached hydrogens (tertiary/aromatic N) is 6. The highest BCUT2D eigenvalue weighted by molar-refractivity contribution is 5.76. The molecule has 0 saturated carbocycles. The van der Waals surface area contributed by atoms with Gasteiger partial charge in [-0.3, -0.25) is 9.48 Å². The summed E-state index contributed by atoms with van der Waals surface area (Å²) >= 11 is 0. The lowest BCUT2D eigenvalue weighted by Gasteiger charge is -2.33. The number of anilines is 1. The molecule has 0 spiro atoms. The Hall–Kier alpha value is -2.64. The molecule has 8 nitrogen and oxygen atoms in total. The fourth-order valence-corrected chi connectivity index (χ4v) is 3.52. The average molecular weight is 372 g/mol. The lowest BCUT2D eigenvalue weighted by atomic mass is 9.93. The minimum atomic E-state index is 0.195. The van der Waals surface area contributed by atoms with Gasteiger partial charge in [-0.1, -0.05) is 0 Å². The first-order valence-electron chi connectivity index (χ1n) is 9.31. The van der Waals surface area contributed by atoms with Crippen molar-refractivity contribution in [2.45, 2.75) is 32.7 Å². The molecule has 0 N–H and O–H groups in total. The molecule has 1 fully saturated rings. The number of methoxy groups -OCH3 is 1. The van der Waals surface area contributed by atoms with E-state index in [2.05, 4.69) is 20.0 Å². The van der Waals surface area contributed by atoms with E-state index in [0.29, 0.717) is 24.9 Å². The van der Waals surface area contributed by atoms with E-state index in [4.69, 9.17) is 4.74 Å². The molecular formula is C19H28N6O2. The maximum Gasteiger partial charge on any atom is 0.318 e. The first-order chi connectivity index (χ1) is 13.0. The van der Waals surface area contributed by atoms with Crippen LogP contribution in [0.2, 0.25) is 0 Å². The molecule has 1 aliphatic rings. The molecule has 1 saturated heterocycles. The van der Waals surface area contributed by atoms with Gasteiger partial charge in [-0.25, -0.2) is 4.98 Å². The van der Waals surface area contributed by atoms with Gasteiger partial charge in [-0.2, -0.15) is 10.1 Å². The topological polar surface area (TPSA) is 76.4 Å². The average Bonchev–Trinajstić information content (AvgIpc) is 2.99. The van der Waals surface area contributed by atoms with Crippen molar-refractivity contribution in [3.63, 3.8) is 0 Å². The quantitative estimate of drug-likeness (QED) is 0.769. The maximum absolute atomic E-state index is 12.6. The number of amides is 1. The summed E-state index contributed by atoms with van der Waals surface area (Å²) < 4.78 is 6.89. The summed E-state index contributed by atoms with van der Waals surface area (Å²) in [7, 11) is 5.34. The summed E-state index contributed by atoms with van der Waals surface area (Å²) in [4.78, 5) is 25.1. The number of carbonyl (C=O) groups excluding carboxylic acids is 1. The maximum atomic E-state index is 12.6. The standard InChI is InChI=1S/C19H28N6O2/c1-14-16(13-24(3)22-14)12-23(2)18(26)11-15-6-9-25(10-7-15)17-5-8-20-19(21-17)27-4/h5,8,13,15H,6-7,9-12H2,1-4H3. The Labute approximate surface area is 160 Å². The molecule has 0 aliphatic carbocycles. The van der Waals surface area contributed by atoms with E-state index >= 15 is 0 Å². The van der Waals surface area contributed by atoms with Gasteiger partial charge in [-0.15, -0.1) is 0 Å². The van der Waals surface area contributed by atoms with Crippen molar-refractivity contribution in [3.05, 3.63) is 29.7 Å². The van der Waals surface area contributed by atoms with Crippen LogP contribution in [0.25, 0.3) is 0 Å². The van der Waals surface area contributed by atoms with Gasteiger partial charge in [0.1, 0.15) is 5.82 Å². The van der Waals surface area contributed by atoms with E-state index in [0.717, 1.165) is 43.0 Å². The Morgan fingerprint density at radius 2 is 2.11 bits per heavy atom. The van der Waals surface area contributed by atoms with E-state index < -0.39 is 0 Å². The van der Waals surface area contributed by atoms with E-state index in [9.17, 15) is 4.79 Å². The van der Waals surface area contributed by atoms with Gasteiger partial charge >= 0.3 is 6.01 Å². The highest BCUT2D eigenvalue weighted by Crippen LogP contribution is 2.25. The second-order valence-electron chi connectivity index (χ2n) is 7.20. The third-order valence-corrected chi connectivity index (χ3v) is 5.15. The smallest absolute Gasteiger partial charge is 0.318 e. The van der Waals surface area contributed by atoms with Crippen LogP contribution in [0.5, 0.6) is 6.01 Å². The van der Waals surface area contributed by atoms with Gasteiger partial charge < -0.3 is 14.5 Å². The number of ether oxygens (including phenoxy) is 1. The summed E-state index contributed by atoms with van der Waals surface area (Å²) in [6, 6.07) is 2.29. The van der Waals surface area contributed by atoms with Gasteiger partial charge in [0.2, 0.25) is 5.91 Å². The van der Waals surface area contributed by atoms with Crippen molar-refractivity contribution in [1.29, 1.82) is 0 Å². The van der Waals surface area contributed by atoms with Crippen molar-refractivity contribution in [2.24, 2.45) is 13.0 Å². The molecule has 27 heavy (non-hydrogen) atoms. The number of rotatable bonds is 6. The summed E-state index contributed by atoms with van der Waals surface area (Å²) in [5, 5.41) is 4.34. The molecule has 146 valence electrons. The molecular weight excluding hydrogens is 344 g/mol. The van der Waals surface area contributed by atoms with Crippen LogP contribution in [0, 0.1) is 12.8 Å². The Kier molecular flexibility index (Phi) is 5.93. The summed E-state index contributed by atoms with van der Waals surface area (Å²) in [6.07, 6.45) is 6.26. The first kappa shape index (κ1) is 19.1. The van der Waals surface area contributed by atoms with Crippen molar-refractivity contribution < 1.29 is 9.53 Å². The van der Waals surface area contributed by atoms with Gasteiger partial charge in [-0.05, 0) is 31.7 Å². The SMILES string of the molecule is COc1nccc(N2CCC(CC(=O)N(C)Cc3cn(C)nc3C)CC2)n1. The second kappa shape index (κ2) is 8.37. The van der Waals surface area contributed by atoms with Crippen molar-refractivity contribution in [1.82, 2.24) is 24.6 Å². The monoisotopic (exact) mass is 372 g/mol. The van der Waals surface area contributed by atoms with E-state index in [1.165, 1.54) is 0 Å². The Bertz CT molecular complexity index is 782. The number of piperidine rings is 1. The molecule has 1 amide bonds. The third kappa shape index (κ3) is 4.75. The van der Waals surface area contributed by atoms with Crippen LogP contribution in [-0.4, -0.2) is 57.8 Å². The number of carbonyl (C=O) groups is 1. The molecule has 0 bridgehead atoms. The largest absolute Gasteiger partial charge is 0.467 e. The van der Waals surface area contributed by atoms with E-state index in [1.807, 2.05) is 38.2 Å². The fraction of sp³-hybridized carbons (Fsp3) is 0.579. The van der Waals surface area contributed by atoms with Crippen LogP contribution in [0.1, 0.15) is 30.5 Å². The molecule has 2 aromatic heterocycles. The molecule has 8 heteroatoms. The van der Waals surface area contributed by atoms with Gasteiger partial charge in [0.05, 0.1) is 12.8 Å². The third-order valence-electron chi connectivity index (χ3n) is 5.15. The number of hydrogen-bond donors (Lipinski definition) is 0. The number of hydrogen-bond acceptors (Lipinski definition) is 6. The zero-order valence-corrected chi connectivity index (χ0v) is 16.6. The normalized spacial score (nSPS) is 15.0. The van der Waals surface area contributed by atoms with E-state index in [-0.39, 0.29) is 5.91 Å². The summed E-state index contributed by atoms with van der Waals surface area (Å²) in [6.45, 7) is 4.37. The van der Waals surface area contributed by atoms with Crippen LogP contribution in [0.4, 0.5) is 5.82 Å². The van der Waals surface area contributed by atoms with Crippen molar-refractivity contribution in [2.75, 3.05) is 32.1 Å². The van der Waals surface area contributed by atoms with Crippen LogP contribution in [0.15, 0.2) is 18.5 Å². The van der Waals surface area contributed by atoms with Gasteiger partial charge in [0.25, 0.3) is 0 Å². The highest BCUT2D eigenvalue weighted by atomic mass is 16.5. The Balaban J connectivity index is 1.49. The molecule has 0 unspecified atom stereocenters. The minimum Gasteiger partial charge on any atom is -0.467 e. The summed E-state index contributed by atoms with van der Waals surface area (Å²) in [5.74, 6) is 1.49. The second-order valence-corrected chi connectivity index (χ2v) is 7.20. The number of aryl methyl sites for hydroxylation is 2. The zero-order chi connectivity index (χ0) is 19.4. The van der Waals surface area contributed by atoms with E-state index in [1.54, 1.807) is 18.0 Å². The molecule has 3 heterocycles. The van der Waals surface area contributed by atoms with Crippen LogP contribution >= 0.6 is 0 Å². The Morgan fingerprint density at radius 3 is 2.74 bits per heavy atom. The molecule has 2 aromatic rings. The lowest BCUT2D eigenvalue weighted by Crippen LogP contribution is -2.36. The first-order valence-corrected chi connectivity index (χ1v) is 9.31. The lowest BCUT2D eigenvalue weighted by molar-refractivity contribution is -0.131. The van der Waals surface area contributed by atoms with Crippen LogP contribution in [0.3, 0.4) is 0 Å². The van der Waals surface area contributed by atoms with Crippen molar-refractivity contribution in [3.8, 4) is 6.01 Å². The number of aromatic nitrogens is 4. The zero-order valence-electron chi connectivity index (χ0n) is 16.6. The molecule has 0 aromatic carbocycles. The molecule has 1 aliphatic heterocycles. The molecule has 3 rings (SSSR count). The molecule has 0 radical (unpaired) electrons. The predicted molar refractivity (Wildman–Crippen MR) is 103 cm³/mol.